The maximum atomic E-state index is 12.1. The topological polar surface area (TPSA) is 67.4 Å². The molecule has 1 aliphatic carbocycles. The zero-order chi connectivity index (χ0) is 17.2. The van der Waals surface area contributed by atoms with Crippen LogP contribution < -0.4 is 10.6 Å². The van der Waals surface area contributed by atoms with Gasteiger partial charge in [0.1, 0.15) is 6.04 Å². The van der Waals surface area contributed by atoms with Gasteiger partial charge in [0, 0.05) is 19.6 Å². The van der Waals surface area contributed by atoms with Gasteiger partial charge in [-0.25, -0.2) is 0 Å². The zero-order valence-electron chi connectivity index (χ0n) is 15.2. The van der Waals surface area contributed by atoms with Crippen LogP contribution in [-0.4, -0.2) is 37.6 Å². The molecule has 0 radical (unpaired) electrons. The lowest BCUT2D eigenvalue weighted by molar-refractivity contribution is -0.134. The summed E-state index contributed by atoms with van der Waals surface area (Å²) >= 11 is 0. The lowest BCUT2D eigenvalue weighted by atomic mass is 10.0. The molecule has 0 saturated heterocycles. The highest BCUT2D eigenvalue weighted by Gasteiger charge is 2.28. The van der Waals surface area contributed by atoms with Crippen molar-refractivity contribution in [2.75, 3.05) is 13.7 Å². The molecule has 3 atom stereocenters. The van der Waals surface area contributed by atoms with E-state index in [1.54, 1.807) is 7.05 Å². The molecule has 0 spiro atoms. The molecule has 5 heteroatoms. The molecule has 2 amide bonds. The van der Waals surface area contributed by atoms with Gasteiger partial charge in [0.15, 0.2) is 0 Å². The summed E-state index contributed by atoms with van der Waals surface area (Å²) in [4.78, 5) is 24.2. The molecule has 0 aliphatic heterocycles. The second-order valence-electron chi connectivity index (χ2n) is 6.81. The van der Waals surface area contributed by atoms with Crippen molar-refractivity contribution in [1.82, 2.24) is 10.6 Å². The van der Waals surface area contributed by atoms with Crippen LogP contribution in [0.5, 0.6) is 0 Å². The first-order valence-corrected chi connectivity index (χ1v) is 9.13. The molecule has 2 N–H and O–H groups in total. The summed E-state index contributed by atoms with van der Waals surface area (Å²) in [5.41, 5.74) is 0. The fraction of sp³-hybridized carbons (Fsp3) is 0.889. The SMILES string of the molecule is CCC(C)C(=O)NC(C(=O)NC)C(C)OCC1CCCCCC1. The summed E-state index contributed by atoms with van der Waals surface area (Å²) in [5.74, 6) is 0.188. The van der Waals surface area contributed by atoms with Gasteiger partial charge in [-0.1, -0.05) is 39.5 Å². The Kier molecular flexibility index (Phi) is 9.22. The van der Waals surface area contributed by atoms with E-state index in [-0.39, 0.29) is 23.8 Å². The molecule has 23 heavy (non-hydrogen) atoms. The number of hydrogen-bond donors (Lipinski definition) is 2. The van der Waals surface area contributed by atoms with E-state index in [9.17, 15) is 9.59 Å². The molecule has 0 heterocycles. The average molecular weight is 326 g/mol. The lowest BCUT2D eigenvalue weighted by Gasteiger charge is -2.26. The van der Waals surface area contributed by atoms with Crippen LogP contribution in [0, 0.1) is 11.8 Å². The summed E-state index contributed by atoms with van der Waals surface area (Å²) in [6.07, 6.45) is 8.01. The standard InChI is InChI=1S/C18H34N2O3/c1-5-13(2)17(21)20-16(18(22)19-4)14(3)23-12-15-10-8-6-7-9-11-15/h13-16H,5-12H2,1-4H3,(H,19,22)(H,20,21). The molecule has 0 aromatic carbocycles. The Bertz CT molecular complexity index is 365. The van der Waals surface area contributed by atoms with E-state index in [0.717, 1.165) is 6.42 Å². The zero-order valence-corrected chi connectivity index (χ0v) is 15.2. The van der Waals surface area contributed by atoms with Crippen LogP contribution in [-0.2, 0) is 14.3 Å². The number of carbonyl (C=O) groups is 2. The van der Waals surface area contributed by atoms with Crippen molar-refractivity contribution in [1.29, 1.82) is 0 Å². The molecule has 5 nitrogen and oxygen atoms in total. The van der Waals surface area contributed by atoms with Crippen molar-refractivity contribution in [3.63, 3.8) is 0 Å². The molecule has 0 aromatic heterocycles. The third kappa shape index (κ3) is 6.90. The van der Waals surface area contributed by atoms with Gasteiger partial charge in [0.2, 0.25) is 11.8 Å². The molecule has 3 unspecified atom stereocenters. The molecular formula is C18H34N2O3. The van der Waals surface area contributed by atoms with Crippen molar-refractivity contribution < 1.29 is 14.3 Å². The van der Waals surface area contributed by atoms with E-state index in [1.807, 2.05) is 20.8 Å². The van der Waals surface area contributed by atoms with E-state index >= 15 is 0 Å². The summed E-state index contributed by atoms with van der Waals surface area (Å²) in [7, 11) is 1.59. The number of carbonyl (C=O) groups excluding carboxylic acids is 2. The maximum absolute atomic E-state index is 12.1. The normalized spacial score (nSPS) is 20.2. The first-order chi connectivity index (χ1) is 11.0. The third-order valence-electron chi connectivity index (χ3n) is 4.93. The van der Waals surface area contributed by atoms with Gasteiger partial charge in [0.05, 0.1) is 6.10 Å². The number of nitrogens with one attached hydrogen (secondary N) is 2. The molecule has 1 aliphatic rings. The largest absolute Gasteiger partial charge is 0.376 e. The summed E-state index contributed by atoms with van der Waals surface area (Å²) in [6.45, 7) is 6.37. The molecule has 1 saturated carbocycles. The average Bonchev–Trinajstić information content (AvgIpc) is 2.84. The first-order valence-electron chi connectivity index (χ1n) is 9.13. The number of hydrogen-bond acceptors (Lipinski definition) is 3. The van der Waals surface area contributed by atoms with Gasteiger partial charge >= 0.3 is 0 Å². The minimum Gasteiger partial charge on any atom is -0.376 e. The fourth-order valence-electron chi connectivity index (χ4n) is 2.95. The predicted molar refractivity (Wildman–Crippen MR) is 92.1 cm³/mol. The van der Waals surface area contributed by atoms with Gasteiger partial charge in [0.25, 0.3) is 0 Å². The van der Waals surface area contributed by atoms with Crippen molar-refractivity contribution in [3.8, 4) is 0 Å². The van der Waals surface area contributed by atoms with Crippen LogP contribution in [0.3, 0.4) is 0 Å². The minimum absolute atomic E-state index is 0.0917. The number of rotatable bonds is 8. The van der Waals surface area contributed by atoms with E-state index in [0.29, 0.717) is 12.5 Å². The predicted octanol–water partition coefficient (Wildman–Crippen LogP) is 2.64. The molecule has 134 valence electrons. The fourth-order valence-corrected chi connectivity index (χ4v) is 2.95. The van der Waals surface area contributed by atoms with Gasteiger partial charge in [-0.15, -0.1) is 0 Å². The van der Waals surface area contributed by atoms with Gasteiger partial charge < -0.3 is 15.4 Å². The smallest absolute Gasteiger partial charge is 0.245 e. The Balaban J connectivity index is 2.55. The van der Waals surface area contributed by atoms with Crippen molar-refractivity contribution in [2.45, 2.75) is 77.9 Å². The third-order valence-corrected chi connectivity index (χ3v) is 4.93. The minimum atomic E-state index is -0.632. The van der Waals surface area contributed by atoms with Gasteiger partial charge in [-0.05, 0) is 32.1 Å². The van der Waals surface area contributed by atoms with E-state index in [1.165, 1.54) is 38.5 Å². The second-order valence-corrected chi connectivity index (χ2v) is 6.81. The molecule has 0 bridgehead atoms. The molecule has 1 rings (SSSR count). The molecule has 1 fully saturated rings. The van der Waals surface area contributed by atoms with Crippen molar-refractivity contribution >= 4 is 11.8 Å². The number of ether oxygens (including phenoxy) is 1. The number of amides is 2. The summed E-state index contributed by atoms with van der Waals surface area (Å²) < 4.78 is 5.96. The summed E-state index contributed by atoms with van der Waals surface area (Å²) in [6, 6.07) is -0.632. The summed E-state index contributed by atoms with van der Waals surface area (Å²) in [5, 5.41) is 5.46. The van der Waals surface area contributed by atoms with Gasteiger partial charge in [-0.3, -0.25) is 9.59 Å². The van der Waals surface area contributed by atoms with Crippen LogP contribution in [0.15, 0.2) is 0 Å². The van der Waals surface area contributed by atoms with Crippen LogP contribution in [0.25, 0.3) is 0 Å². The maximum Gasteiger partial charge on any atom is 0.245 e. The quantitative estimate of drug-likeness (QED) is 0.674. The second kappa shape index (κ2) is 10.6. The van der Waals surface area contributed by atoms with Gasteiger partial charge in [-0.2, -0.15) is 0 Å². The highest BCUT2D eigenvalue weighted by Crippen LogP contribution is 2.23. The molecule has 0 aromatic rings. The molecular weight excluding hydrogens is 292 g/mol. The van der Waals surface area contributed by atoms with Crippen molar-refractivity contribution in [2.24, 2.45) is 11.8 Å². The number of likely N-dealkylation sites (N-methyl/N-ethyl adjacent to an activating group) is 1. The highest BCUT2D eigenvalue weighted by molar-refractivity contribution is 5.88. The van der Waals surface area contributed by atoms with Crippen LogP contribution in [0.1, 0.15) is 65.7 Å². The van der Waals surface area contributed by atoms with E-state index < -0.39 is 6.04 Å². The van der Waals surface area contributed by atoms with Crippen LogP contribution >= 0.6 is 0 Å². The van der Waals surface area contributed by atoms with Crippen LogP contribution in [0.2, 0.25) is 0 Å². The highest BCUT2D eigenvalue weighted by atomic mass is 16.5. The lowest BCUT2D eigenvalue weighted by Crippen LogP contribution is -2.53. The first kappa shape index (κ1) is 19.9. The Labute approximate surface area is 140 Å². The van der Waals surface area contributed by atoms with Crippen molar-refractivity contribution in [3.05, 3.63) is 0 Å². The Morgan fingerprint density at radius 2 is 1.70 bits per heavy atom. The Morgan fingerprint density at radius 1 is 1.09 bits per heavy atom. The monoisotopic (exact) mass is 326 g/mol. The van der Waals surface area contributed by atoms with Crippen LogP contribution in [0.4, 0.5) is 0 Å². The van der Waals surface area contributed by atoms with E-state index in [2.05, 4.69) is 10.6 Å². The van der Waals surface area contributed by atoms with E-state index in [4.69, 9.17) is 4.74 Å². The Hall–Kier alpha value is -1.10. The Morgan fingerprint density at radius 3 is 2.22 bits per heavy atom.